The van der Waals surface area contributed by atoms with Gasteiger partial charge >= 0.3 is 23.9 Å². The molecule has 0 aromatic heterocycles. The molecule has 2 aromatic rings. The van der Waals surface area contributed by atoms with Crippen LogP contribution in [0.25, 0.3) is 0 Å². The molecule has 2 rings (SSSR count). The number of nitro groups is 1. The Bertz CT molecular complexity index is 1190. The van der Waals surface area contributed by atoms with E-state index in [4.69, 9.17) is 36.1 Å². The largest absolute Gasteiger partial charge is 0.459 e. The summed E-state index contributed by atoms with van der Waals surface area (Å²) in [6.07, 6.45) is -2.34. The first-order valence-corrected chi connectivity index (χ1v) is 12.2. The number of esters is 4. The summed E-state index contributed by atoms with van der Waals surface area (Å²) in [5.41, 5.74) is 19.1. The van der Waals surface area contributed by atoms with Crippen molar-refractivity contribution in [1.82, 2.24) is 0 Å². The maximum atomic E-state index is 12.2. The maximum absolute atomic E-state index is 12.2. The van der Waals surface area contributed by atoms with Crippen LogP contribution in [0.4, 0.5) is 11.4 Å². The molecule has 0 bridgehead atoms. The number of ether oxygens (including phenoxy) is 4. The molecule has 0 aliphatic carbocycles. The number of nitro benzene ring substituents is 1. The van der Waals surface area contributed by atoms with Crippen molar-refractivity contribution in [2.75, 3.05) is 18.9 Å². The molecular weight excluding hydrogens is 528 g/mol. The second kappa shape index (κ2) is 15.1. The van der Waals surface area contributed by atoms with Crippen molar-refractivity contribution < 1.29 is 43.0 Å². The Morgan fingerprint density at radius 3 is 1.48 bits per heavy atom. The average Bonchev–Trinajstić information content (AvgIpc) is 2.92. The SMILES string of the molecule is CC(OC(=O)C(N)Cc1ccc(N)cc1)C(=O)OCCOC(=O)C(C)OC(=O)C(N)Cc1ccc([N+](=O)[O-])cc1. The lowest BCUT2D eigenvalue weighted by Gasteiger charge is -2.17. The predicted octanol–water partition coefficient (Wildman–Crippen LogP) is 0.567. The fourth-order valence-corrected chi connectivity index (χ4v) is 3.22. The fraction of sp³-hybridized carbons (Fsp3) is 0.385. The number of benzene rings is 2. The highest BCUT2D eigenvalue weighted by Crippen LogP contribution is 2.13. The number of nitrogens with two attached hydrogens (primary N) is 3. The summed E-state index contributed by atoms with van der Waals surface area (Å²) in [4.78, 5) is 58.7. The molecule has 4 atom stereocenters. The summed E-state index contributed by atoms with van der Waals surface area (Å²) in [6, 6.07) is 10.1. The first kappa shape index (κ1) is 31.7. The van der Waals surface area contributed by atoms with Crippen molar-refractivity contribution in [2.24, 2.45) is 11.5 Å². The average molecular weight is 561 g/mol. The third-order valence-corrected chi connectivity index (χ3v) is 5.47. The van der Waals surface area contributed by atoms with Crippen molar-refractivity contribution in [3.63, 3.8) is 0 Å². The monoisotopic (exact) mass is 560 g/mol. The quantitative estimate of drug-likeness (QED) is 0.0718. The number of nitrogen functional groups attached to an aromatic ring is 1. The number of rotatable bonds is 14. The van der Waals surface area contributed by atoms with Crippen molar-refractivity contribution >= 4 is 35.3 Å². The van der Waals surface area contributed by atoms with Gasteiger partial charge < -0.3 is 36.1 Å². The summed E-state index contributed by atoms with van der Waals surface area (Å²) in [6.45, 7) is 1.90. The zero-order valence-corrected chi connectivity index (χ0v) is 22.0. The Morgan fingerprint density at radius 2 is 1.10 bits per heavy atom. The molecule has 2 aromatic carbocycles. The Morgan fingerprint density at radius 1 is 0.725 bits per heavy atom. The molecule has 0 spiro atoms. The van der Waals surface area contributed by atoms with E-state index in [-0.39, 0.29) is 31.7 Å². The minimum absolute atomic E-state index is 0.0313. The van der Waals surface area contributed by atoms with Gasteiger partial charge in [0, 0.05) is 17.8 Å². The number of non-ortho nitro benzene ring substituents is 1. The summed E-state index contributed by atoms with van der Waals surface area (Å²) < 4.78 is 19.9. The number of hydrogen-bond donors (Lipinski definition) is 3. The normalized spacial score (nSPS) is 13.7. The van der Waals surface area contributed by atoms with E-state index in [1.807, 2.05) is 0 Å². The smallest absolute Gasteiger partial charge is 0.347 e. The zero-order chi connectivity index (χ0) is 29.8. The number of carbonyl (C=O) groups is 4. The van der Waals surface area contributed by atoms with Gasteiger partial charge in [-0.3, -0.25) is 19.7 Å². The topological polar surface area (TPSA) is 226 Å². The van der Waals surface area contributed by atoms with Crippen molar-refractivity contribution in [3.8, 4) is 0 Å². The minimum Gasteiger partial charge on any atom is -0.459 e. The molecule has 0 saturated carbocycles. The molecule has 4 unspecified atom stereocenters. The molecule has 216 valence electrons. The van der Waals surface area contributed by atoms with E-state index in [0.29, 0.717) is 11.3 Å². The van der Waals surface area contributed by atoms with Gasteiger partial charge in [0.1, 0.15) is 25.3 Å². The molecule has 40 heavy (non-hydrogen) atoms. The first-order chi connectivity index (χ1) is 18.9. The van der Waals surface area contributed by atoms with Gasteiger partial charge in [0.25, 0.3) is 5.69 Å². The zero-order valence-electron chi connectivity index (χ0n) is 22.0. The third kappa shape index (κ3) is 10.3. The molecule has 0 radical (unpaired) electrons. The Balaban J connectivity index is 1.67. The highest BCUT2D eigenvalue weighted by Gasteiger charge is 2.25. The van der Waals surface area contributed by atoms with E-state index in [9.17, 15) is 29.3 Å². The van der Waals surface area contributed by atoms with E-state index in [1.54, 1.807) is 24.3 Å². The fourth-order valence-electron chi connectivity index (χ4n) is 3.22. The van der Waals surface area contributed by atoms with Crippen LogP contribution in [0.5, 0.6) is 0 Å². The van der Waals surface area contributed by atoms with E-state index in [1.165, 1.54) is 38.1 Å². The highest BCUT2D eigenvalue weighted by atomic mass is 16.6. The molecule has 14 heteroatoms. The molecule has 6 N–H and O–H groups in total. The maximum Gasteiger partial charge on any atom is 0.347 e. The highest BCUT2D eigenvalue weighted by molar-refractivity contribution is 5.82. The van der Waals surface area contributed by atoms with Crippen molar-refractivity contribution in [3.05, 3.63) is 69.8 Å². The lowest BCUT2D eigenvalue weighted by Crippen LogP contribution is -2.39. The Labute approximate surface area is 229 Å². The van der Waals surface area contributed by atoms with Crippen LogP contribution in [-0.2, 0) is 51.0 Å². The van der Waals surface area contributed by atoms with Crippen LogP contribution in [0, 0.1) is 10.1 Å². The van der Waals surface area contributed by atoms with Gasteiger partial charge in [-0.15, -0.1) is 0 Å². The predicted molar refractivity (Wildman–Crippen MR) is 140 cm³/mol. The van der Waals surface area contributed by atoms with Gasteiger partial charge in [-0.05, 0) is 49.9 Å². The van der Waals surface area contributed by atoms with Crippen LogP contribution < -0.4 is 17.2 Å². The third-order valence-electron chi connectivity index (χ3n) is 5.47. The molecule has 0 heterocycles. The number of carbonyl (C=O) groups excluding carboxylic acids is 4. The van der Waals surface area contributed by atoms with Gasteiger partial charge in [0.15, 0.2) is 12.2 Å². The van der Waals surface area contributed by atoms with Crippen LogP contribution in [0.3, 0.4) is 0 Å². The second-order valence-electron chi connectivity index (χ2n) is 8.78. The van der Waals surface area contributed by atoms with E-state index in [2.05, 4.69) is 0 Å². The van der Waals surface area contributed by atoms with Crippen molar-refractivity contribution in [2.45, 2.75) is 51.0 Å². The standard InChI is InChI=1S/C26H32N4O10/c1-15(39-25(33)21(28)13-17-3-7-19(27)8-4-17)23(31)37-11-12-38-24(32)16(2)40-26(34)22(29)14-18-5-9-20(10-6-18)30(35)36/h3-10,15-16,21-22H,11-14,27-29H2,1-2H3. The van der Waals surface area contributed by atoms with E-state index in [0.717, 1.165) is 5.56 Å². The molecular formula is C26H32N4O10. The number of hydrogen-bond acceptors (Lipinski definition) is 13. The Hall–Kier alpha value is -4.56. The van der Waals surface area contributed by atoms with Crippen LogP contribution in [0.2, 0.25) is 0 Å². The number of anilines is 1. The number of nitrogens with zero attached hydrogens (tertiary/aromatic N) is 1. The van der Waals surface area contributed by atoms with Gasteiger partial charge in [-0.25, -0.2) is 9.59 Å². The summed E-state index contributed by atoms with van der Waals surface area (Å²) in [5.74, 6) is -3.45. The summed E-state index contributed by atoms with van der Waals surface area (Å²) in [7, 11) is 0. The van der Waals surface area contributed by atoms with E-state index < -0.39 is 53.1 Å². The van der Waals surface area contributed by atoms with E-state index >= 15 is 0 Å². The second-order valence-corrected chi connectivity index (χ2v) is 8.78. The summed E-state index contributed by atoms with van der Waals surface area (Å²) >= 11 is 0. The van der Waals surface area contributed by atoms with Gasteiger partial charge in [-0.2, -0.15) is 0 Å². The molecule has 0 saturated heterocycles. The molecule has 14 nitrogen and oxygen atoms in total. The Kier molecular flexibility index (Phi) is 12.0. The van der Waals surface area contributed by atoms with Crippen molar-refractivity contribution in [1.29, 1.82) is 0 Å². The summed E-state index contributed by atoms with van der Waals surface area (Å²) in [5, 5.41) is 10.7. The van der Waals surface area contributed by atoms with Crippen LogP contribution in [0.1, 0.15) is 25.0 Å². The molecule has 0 amide bonds. The van der Waals surface area contributed by atoms with Crippen LogP contribution in [0.15, 0.2) is 48.5 Å². The lowest BCUT2D eigenvalue weighted by atomic mass is 10.1. The first-order valence-electron chi connectivity index (χ1n) is 12.2. The molecule has 0 aliphatic rings. The minimum atomic E-state index is -1.30. The molecule has 0 aliphatic heterocycles. The van der Waals surface area contributed by atoms with Crippen LogP contribution >= 0.6 is 0 Å². The van der Waals surface area contributed by atoms with Gasteiger partial charge in [-0.1, -0.05) is 24.3 Å². The van der Waals surface area contributed by atoms with Gasteiger partial charge in [0.2, 0.25) is 0 Å². The molecule has 0 fully saturated rings. The lowest BCUT2D eigenvalue weighted by molar-refractivity contribution is -0.384. The van der Waals surface area contributed by atoms with Gasteiger partial charge in [0.05, 0.1) is 4.92 Å². The van der Waals surface area contributed by atoms with Crippen LogP contribution in [-0.4, -0.2) is 66.3 Å².